The van der Waals surface area contributed by atoms with Gasteiger partial charge in [-0.25, -0.2) is 0 Å². The summed E-state index contributed by atoms with van der Waals surface area (Å²) in [6, 6.07) is 0. The second-order valence-corrected chi connectivity index (χ2v) is 2.72. The number of aliphatic hydroxyl groups excluding tert-OH is 2. The quantitative estimate of drug-likeness (QED) is 0.343. The second-order valence-electron chi connectivity index (χ2n) is 2.72. The Hall–Kier alpha value is -0.680. The highest BCUT2D eigenvalue weighted by molar-refractivity contribution is 4.61. The van der Waals surface area contributed by atoms with Crippen molar-refractivity contribution < 1.29 is 15.1 Å². The summed E-state index contributed by atoms with van der Waals surface area (Å²) in [5.74, 6) is -0.773. The molecule has 11 heavy (non-hydrogen) atoms. The first-order valence-corrected chi connectivity index (χ1v) is 3.43. The molecule has 0 fully saturated rings. The van der Waals surface area contributed by atoms with E-state index in [9.17, 15) is 10.1 Å². The van der Waals surface area contributed by atoms with E-state index < -0.39 is 17.1 Å². The fourth-order valence-corrected chi connectivity index (χ4v) is 0.652. The summed E-state index contributed by atoms with van der Waals surface area (Å²) in [7, 11) is 0. The molecule has 0 aromatic rings. The third kappa shape index (κ3) is 2.81. The molecule has 0 amide bonds. The van der Waals surface area contributed by atoms with Gasteiger partial charge in [0.15, 0.2) is 0 Å². The molecule has 5 nitrogen and oxygen atoms in total. The Kier molecular flexibility index (Phi) is 3.99. The van der Waals surface area contributed by atoms with Gasteiger partial charge in [0.2, 0.25) is 0 Å². The fraction of sp³-hybridized carbons (Fsp3) is 1.00. The number of nitro groups is 1. The van der Waals surface area contributed by atoms with Crippen LogP contribution < -0.4 is 0 Å². The normalized spacial score (nSPS) is 18.9. The van der Waals surface area contributed by atoms with Crippen LogP contribution in [-0.2, 0) is 0 Å². The largest absolute Gasteiger partial charge is 0.396 e. The van der Waals surface area contributed by atoms with Gasteiger partial charge in [-0.1, -0.05) is 13.8 Å². The van der Waals surface area contributed by atoms with Crippen molar-refractivity contribution >= 4 is 0 Å². The van der Waals surface area contributed by atoms with E-state index in [1.807, 2.05) is 0 Å². The van der Waals surface area contributed by atoms with Crippen LogP contribution >= 0.6 is 0 Å². The van der Waals surface area contributed by atoms with Crippen molar-refractivity contribution in [3.05, 3.63) is 10.1 Å². The Morgan fingerprint density at radius 3 is 2.27 bits per heavy atom. The number of hydrogen-bond acceptors (Lipinski definition) is 4. The number of nitrogens with zero attached hydrogens (tertiary/aromatic N) is 1. The first-order valence-electron chi connectivity index (χ1n) is 3.43. The van der Waals surface area contributed by atoms with Gasteiger partial charge in [-0.2, -0.15) is 0 Å². The molecule has 0 spiro atoms. The van der Waals surface area contributed by atoms with Crippen molar-refractivity contribution in [3.63, 3.8) is 0 Å². The fourth-order valence-electron chi connectivity index (χ4n) is 0.652. The summed E-state index contributed by atoms with van der Waals surface area (Å²) >= 11 is 0. The van der Waals surface area contributed by atoms with Crippen LogP contribution in [0.25, 0.3) is 0 Å². The van der Waals surface area contributed by atoms with Crippen molar-refractivity contribution in [2.45, 2.75) is 20.1 Å². The molecule has 3 unspecified atom stereocenters. The Bertz CT molecular complexity index is 139. The SMILES string of the molecule is CC(CO)C(C)C(O)[N+](=O)[O-]. The van der Waals surface area contributed by atoms with E-state index in [0.29, 0.717) is 0 Å². The molecule has 0 aliphatic rings. The third-order valence-electron chi connectivity index (χ3n) is 1.87. The molecule has 0 bridgehead atoms. The Labute approximate surface area is 64.8 Å². The number of hydrogen-bond donors (Lipinski definition) is 2. The maximum Gasteiger partial charge on any atom is 0.315 e. The minimum Gasteiger partial charge on any atom is -0.396 e. The van der Waals surface area contributed by atoms with Crippen LogP contribution in [0.5, 0.6) is 0 Å². The van der Waals surface area contributed by atoms with Gasteiger partial charge in [0.05, 0.1) is 10.8 Å². The van der Waals surface area contributed by atoms with E-state index in [4.69, 9.17) is 10.2 Å². The molecule has 0 aromatic heterocycles. The van der Waals surface area contributed by atoms with Gasteiger partial charge in [-0.15, -0.1) is 0 Å². The van der Waals surface area contributed by atoms with E-state index in [2.05, 4.69) is 0 Å². The molecule has 0 saturated heterocycles. The summed E-state index contributed by atoms with van der Waals surface area (Å²) in [6.45, 7) is 3.04. The van der Waals surface area contributed by atoms with Gasteiger partial charge in [0.1, 0.15) is 0 Å². The van der Waals surface area contributed by atoms with Crippen LogP contribution in [-0.4, -0.2) is 28.0 Å². The third-order valence-corrected chi connectivity index (χ3v) is 1.87. The van der Waals surface area contributed by atoms with E-state index >= 15 is 0 Å². The van der Waals surface area contributed by atoms with Crippen LogP contribution in [0.1, 0.15) is 13.8 Å². The highest BCUT2D eigenvalue weighted by Crippen LogP contribution is 2.14. The molecule has 2 N–H and O–H groups in total. The van der Waals surface area contributed by atoms with Crippen molar-refractivity contribution in [2.24, 2.45) is 11.8 Å². The number of aliphatic hydroxyl groups is 2. The first kappa shape index (κ1) is 10.3. The summed E-state index contributed by atoms with van der Waals surface area (Å²) in [6.07, 6.45) is -1.57. The van der Waals surface area contributed by atoms with Crippen LogP contribution in [0.3, 0.4) is 0 Å². The molecule has 0 aliphatic carbocycles. The van der Waals surface area contributed by atoms with E-state index in [1.54, 1.807) is 6.92 Å². The highest BCUT2D eigenvalue weighted by Gasteiger charge is 2.28. The minimum absolute atomic E-state index is 0.147. The molecule has 0 radical (unpaired) electrons. The monoisotopic (exact) mass is 163 g/mol. The van der Waals surface area contributed by atoms with Crippen molar-refractivity contribution in [1.29, 1.82) is 0 Å². The van der Waals surface area contributed by atoms with Crippen molar-refractivity contribution in [3.8, 4) is 0 Å². The highest BCUT2D eigenvalue weighted by atomic mass is 16.7. The Morgan fingerprint density at radius 1 is 1.55 bits per heavy atom. The lowest BCUT2D eigenvalue weighted by molar-refractivity contribution is -0.582. The zero-order valence-electron chi connectivity index (χ0n) is 6.60. The van der Waals surface area contributed by atoms with Gasteiger partial charge < -0.3 is 10.2 Å². The topological polar surface area (TPSA) is 83.6 Å². The van der Waals surface area contributed by atoms with Gasteiger partial charge in [0.25, 0.3) is 0 Å². The zero-order chi connectivity index (χ0) is 9.02. The standard InChI is InChI=1S/C6H13NO4/c1-4(3-8)5(2)6(9)7(10)11/h4-6,8-9H,3H2,1-2H3. The summed E-state index contributed by atoms with van der Waals surface area (Å²) in [4.78, 5) is 9.28. The van der Waals surface area contributed by atoms with E-state index in [1.165, 1.54) is 6.92 Å². The minimum atomic E-state index is -1.57. The Balaban J connectivity index is 4.00. The lowest BCUT2D eigenvalue weighted by atomic mass is 9.95. The average Bonchev–Trinajstić information content (AvgIpc) is 2.00. The number of rotatable bonds is 4. The average molecular weight is 163 g/mol. The lowest BCUT2D eigenvalue weighted by Crippen LogP contribution is -2.32. The maximum absolute atomic E-state index is 10.0. The molecule has 0 aromatic carbocycles. The van der Waals surface area contributed by atoms with Gasteiger partial charge in [0, 0.05) is 6.61 Å². The van der Waals surface area contributed by atoms with E-state index in [0.717, 1.165) is 0 Å². The molecule has 0 saturated carbocycles. The zero-order valence-corrected chi connectivity index (χ0v) is 6.60. The van der Waals surface area contributed by atoms with Crippen LogP contribution in [0.2, 0.25) is 0 Å². The molecule has 66 valence electrons. The molecule has 0 heterocycles. The summed E-state index contributed by atoms with van der Waals surface area (Å²) in [5.41, 5.74) is 0. The van der Waals surface area contributed by atoms with Crippen molar-refractivity contribution in [2.75, 3.05) is 6.61 Å². The van der Waals surface area contributed by atoms with Crippen LogP contribution in [0.4, 0.5) is 0 Å². The smallest absolute Gasteiger partial charge is 0.315 e. The lowest BCUT2D eigenvalue weighted by Gasteiger charge is -2.16. The van der Waals surface area contributed by atoms with Crippen molar-refractivity contribution in [1.82, 2.24) is 0 Å². The van der Waals surface area contributed by atoms with Gasteiger partial charge in [-0.3, -0.25) is 10.1 Å². The molecular weight excluding hydrogens is 150 g/mol. The molecule has 0 aliphatic heterocycles. The predicted molar refractivity (Wildman–Crippen MR) is 38.4 cm³/mol. The summed E-state index contributed by atoms with van der Waals surface area (Å²) in [5, 5.41) is 27.5. The van der Waals surface area contributed by atoms with Gasteiger partial charge in [-0.05, 0) is 5.92 Å². The summed E-state index contributed by atoms with van der Waals surface area (Å²) < 4.78 is 0. The van der Waals surface area contributed by atoms with Crippen LogP contribution in [0.15, 0.2) is 0 Å². The molecular formula is C6H13NO4. The second kappa shape index (κ2) is 4.25. The van der Waals surface area contributed by atoms with E-state index in [-0.39, 0.29) is 12.5 Å². The first-order chi connectivity index (χ1) is 5.00. The van der Waals surface area contributed by atoms with Gasteiger partial charge >= 0.3 is 6.23 Å². The molecule has 3 atom stereocenters. The van der Waals surface area contributed by atoms with Crippen LogP contribution in [0, 0.1) is 22.0 Å². The Morgan fingerprint density at radius 2 is 2.00 bits per heavy atom. The molecule has 5 heteroatoms. The maximum atomic E-state index is 10.0. The molecule has 0 rings (SSSR count). The predicted octanol–water partition coefficient (Wildman–Crippen LogP) is -0.154.